The van der Waals surface area contributed by atoms with Gasteiger partial charge in [0.15, 0.2) is 6.29 Å². The Hall–Kier alpha value is -1.78. The molecule has 0 aliphatic carbocycles. The Morgan fingerprint density at radius 2 is 1.77 bits per heavy atom. The molecule has 3 nitrogen and oxygen atoms in total. The minimum Gasteiger partial charge on any atom is -0.368 e. The van der Waals surface area contributed by atoms with Crippen molar-refractivity contribution in [2.45, 2.75) is 31.2 Å². The Bertz CT molecular complexity index is 697. The topological polar surface area (TPSA) is 23.6 Å². The largest absolute Gasteiger partial charge is 0.368 e. The summed E-state index contributed by atoms with van der Waals surface area (Å²) in [6.07, 6.45) is 3.41. The second kappa shape index (κ2) is 9.79. The number of anilines is 1. The summed E-state index contributed by atoms with van der Waals surface area (Å²) < 4.78 is 0. The number of benzene rings is 2. The number of hydrogen-bond donors (Lipinski definition) is 0. The van der Waals surface area contributed by atoms with E-state index in [1.807, 2.05) is 11.8 Å². The highest BCUT2D eigenvalue weighted by Gasteiger charge is 2.20. The van der Waals surface area contributed by atoms with Gasteiger partial charge in [-0.3, -0.25) is 9.69 Å². The maximum Gasteiger partial charge on any atom is 0.153 e. The molecule has 0 spiro atoms. The van der Waals surface area contributed by atoms with Crippen LogP contribution in [-0.2, 0) is 6.54 Å². The number of carbonyl (C=O) groups is 1. The standard InChI is InChI=1S/C22H28N2OS/c1-2-3-16-26-22-11-7-10-21(20(22)18-25)24-14-12-23(13-15-24)17-19-8-5-4-6-9-19/h4-11,18H,2-3,12-17H2,1H3. The van der Waals surface area contributed by atoms with Crippen LogP contribution in [0, 0.1) is 0 Å². The molecule has 1 heterocycles. The second-order valence-corrected chi connectivity index (χ2v) is 7.89. The number of carbonyl (C=O) groups excluding carboxylic acids is 1. The molecule has 0 aromatic heterocycles. The lowest BCUT2D eigenvalue weighted by molar-refractivity contribution is 0.112. The molecule has 1 fully saturated rings. The van der Waals surface area contributed by atoms with Crippen LogP contribution < -0.4 is 4.90 Å². The van der Waals surface area contributed by atoms with Crippen molar-refractivity contribution in [2.75, 3.05) is 36.8 Å². The lowest BCUT2D eigenvalue weighted by atomic mass is 10.1. The predicted molar refractivity (Wildman–Crippen MR) is 111 cm³/mol. The molecule has 1 aliphatic heterocycles. The average molecular weight is 369 g/mol. The van der Waals surface area contributed by atoms with Crippen LogP contribution in [0.5, 0.6) is 0 Å². The lowest BCUT2D eigenvalue weighted by Gasteiger charge is -2.37. The Morgan fingerprint density at radius 1 is 1.00 bits per heavy atom. The molecular weight excluding hydrogens is 340 g/mol. The zero-order chi connectivity index (χ0) is 18.2. The minimum absolute atomic E-state index is 0.866. The van der Waals surface area contributed by atoms with Gasteiger partial charge in [-0.25, -0.2) is 0 Å². The summed E-state index contributed by atoms with van der Waals surface area (Å²) in [7, 11) is 0. The molecule has 0 unspecified atom stereocenters. The Labute approximate surface area is 161 Å². The van der Waals surface area contributed by atoms with E-state index in [4.69, 9.17) is 0 Å². The van der Waals surface area contributed by atoms with Gasteiger partial charge >= 0.3 is 0 Å². The quantitative estimate of drug-likeness (QED) is 0.382. The van der Waals surface area contributed by atoms with E-state index in [-0.39, 0.29) is 0 Å². The molecule has 4 heteroatoms. The highest BCUT2D eigenvalue weighted by Crippen LogP contribution is 2.31. The molecule has 1 saturated heterocycles. The van der Waals surface area contributed by atoms with Gasteiger partial charge in [0.1, 0.15) is 0 Å². The van der Waals surface area contributed by atoms with Gasteiger partial charge in [-0.2, -0.15) is 0 Å². The van der Waals surface area contributed by atoms with Gasteiger partial charge in [0.05, 0.1) is 5.56 Å². The zero-order valence-electron chi connectivity index (χ0n) is 15.6. The molecule has 1 aliphatic rings. The molecule has 138 valence electrons. The number of nitrogens with zero attached hydrogens (tertiary/aromatic N) is 2. The third kappa shape index (κ3) is 4.89. The van der Waals surface area contributed by atoms with E-state index in [1.165, 1.54) is 18.4 Å². The molecule has 3 rings (SSSR count). The van der Waals surface area contributed by atoms with Gasteiger partial charge in [0.2, 0.25) is 0 Å². The maximum atomic E-state index is 11.8. The molecule has 0 radical (unpaired) electrons. The first kappa shape index (κ1) is 19.0. The summed E-state index contributed by atoms with van der Waals surface area (Å²) in [4.78, 5) is 17.8. The molecule has 0 bridgehead atoms. The Morgan fingerprint density at radius 3 is 2.46 bits per heavy atom. The summed E-state index contributed by atoms with van der Waals surface area (Å²) in [6.45, 7) is 7.20. The van der Waals surface area contributed by atoms with Crippen molar-refractivity contribution in [2.24, 2.45) is 0 Å². The van der Waals surface area contributed by atoms with Crippen molar-refractivity contribution in [1.82, 2.24) is 4.90 Å². The Balaban J connectivity index is 1.63. The zero-order valence-corrected chi connectivity index (χ0v) is 16.4. The molecular formula is C22H28N2OS. The smallest absolute Gasteiger partial charge is 0.153 e. The number of unbranched alkanes of at least 4 members (excludes halogenated alkanes) is 1. The first-order valence-corrected chi connectivity index (χ1v) is 10.5. The van der Waals surface area contributed by atoms with E-state index in [0.717, 1.165) is 60.9 Å². The Kier molecular flexibility index (Phi) is 7.15. The first-order chi connectivity index (χ1) is 12.8. The van der Waals surface area contributed by atoms with Gasteiger partial charge < -0.3 is 4.90 Å². The number of piperazine rings is 1. The third-order valence-corrected chi connectivity index (χ3v) is 6.04. The van der Waals surface area contributed by atoms with Gasteiger partial charge in [0.25, 0.3) is 0 Å². The number of rotatable bonds is 8. The van der Waals surface area contributed by atoms with Crippen molar-refractivity contribution < 1.29 is 4.79 Å². The lowest BCUT2D eigenvalue weighted by Crippen LogP contribution is -2.46. The molecule has 26 heavy (non-hydrogen) atoms. The monoisotopic (exact) mass is 368 g/mol. The first-order valence-electron chi connectivity index (χ1n) is 9.54. The summed E-state index contributed by atoms with van der Waals surface area (Å²) in [5.41, 5.74) is 3.33. The van der Waals surface area contributed by atoms with Crippen LogP contribution in [0.1, 0.15) is 35.7 Å². The molecule has 2 aromatic carbocycles. The van der Waals surface area contributed by atoms with Crippen molar-refractivity contribution >= 4 is 23.7 Å². The summed E-state index contributed by atoms with van der Waals surface area (Å²) >= 11 is 1.81. The number of hydrogen-bond acceptors (Lipinski definition) is 4. The molecule has 0 atom stereocenters. The van der Waals surface area contributed by atoms with E-state index in [2.05, 4.69) is 65.3 Å². The molecule has 0 saturated carbocycles. The minimum atomic E-state index is 0.866. The van der Waals surface area contributed by atoms with Crippen molar-refractivity contribution in [3.8, 4) is 0 Å². The summed E-state index contributed by atoms with van der Waals surface area (Å²) in [5.74, 6) is 1.08. The van der Waals surface area contributed by atoms with Crippen molar-refractivity contribution in [3.63, 3.8) is 0 Å². The maximum absolute atomic E-state index is 11.8. The number of aldehydes is 1. The highest BCUT2D eigenvalue weighted by atomic mass is 32.2. The van der Waals surface area contributed by atoms with Crippen LogP contribution >= 0.6 is 11.8 Å². The summed E-state index contributed by atoms with van der Waals surface area (Å²) in [5, 5.41) is 0. The van der Waals surface area contributed by atoms with Gasteiger partial charge in [-0.05, 0) is 29.9 Å². The molecule has 2 aromatic rings. The van der Waals surface area contributed by atoms with Crippen LogP contribution in [0.25, 0.3) is 0 Å². The van der Waals surface area contributed by atoms with Gasteiger partial charge in [0, 0.05) is 43.3 Å². The fourth-order valence-electron chi connectivity index (χ4n) is 3.37. The van der Waals surface area contributed by atoms with Crippen LogP contribution in [0.3, 0.4) is 0 Å². The van der Waals surface area contributed by atoms with E-state index < -0.39 is 0 Å². The summed E-state index contributed by atoms with van der Waals surface area (Å²) in [6, 6.07) is 16.9. The number of thioether (sulfide) groups is 1. The predicted octanol–water partition coefficient (Wildman–Crippen LogP) is 4.71. The van der Waals surface area contributed by atoms with E-state index >= 15 is 0 Å². The normalized spacial score (nSPS) is 15.2. The van der Waals surface area contributed by atoms with Crippen molar-refractivity contribution in [1.29, 1.82) is 0 Å². The van der Waals surface area contributed by atoms with Crippen LogP contribution in [0.2, 0.25) is 0 Å². The van der Waals surface area contributed by atoms with E-state index in [9.17, 15) is 4.79 Å². The van der Waals surface area contributed by atoms with Gasteiger partial charge in [-0.15, -0.1) is 11.8 Å². The van der Waals surface area contributed by atoms with Gasteiger partial charge in [-0.1, -0.05) is 49.7 Å². The third-order valence-electron chi connectivity index (χ3n) is 4.88. The van der Waals surface area contributed by atoms with Crippen molar-refractivity contribution in [3.05, 3.63) is 59.7 Å². The fraction of sp³-hybridized carbons (Fsp3) is 0.409. The van der Waals surface area contributed by atoms with Crippen LogP contribution in [0.4, 0.5) is 5.69 Å². The molecule has 0 N–H and O–H groups in total. The van der Waals surface area contributed by atoms with E-state index in [0.29, 0.717) is 0 Å². The molecule has 0 amide bonds. The SMILES string of the molecule is CCCCSc1cccc(N2CCN(Cc3ccccc3)CC2)c1C=O. The van der Waals surface area contributed by atoms with Crippen LogP contribution in [0.15, 0.2) is 53.4 Å². The fourth-order valence-corrected chi connectivity index (χ4v) is 4.50. The van der Waals surface area contributed by atoms with Crippen LogP contribution in [-0.4, -0.2) is 43.1 Å². The second-order valence-electron chi connectivity index (χ2n) is 6.76. The highest BCUT2D eigenvalue weighted by molar-refractivity contribution is 7.99. The van der Waals surface area contributed by atoms with E-state index in [1.54, 1.807) is 0 Å². The average Bonchev–Trinajstić information content (AvgIpc) is 2.69.